The van der Waals surface area contributed by atoms with Gasteiger partial charge in [0.15, 0.2) is 0 Å². The highest BCUT2D eigenvalue weighted by Crippen LogP contribution is 2.04. The van der Waals surface area contributed by atoms with Crippen LogP contribution in [0.2, 0.25) is 0 Å². The molecule has 1 aromatic rings. The van der Waals surface area contributed by atoms with E-state index < -0.39 is 0 Å². The fourth-order valence-corrected chi connectivity index (χ4v) is 1.56. The quantitative estimate of drug-likeness (QED) is 0.766. The Hall–Kier alpha value is -0.860. The lowest BCUT2D eigenvalue weighted by Crippen LogP contribution is -2.33. The molecule has 0 aliphatic carbocycles. The minimum absolute atomic E-state index is 0.283. The van der Waals surface area contributed by atoms with Crippen LogP contribution in [0, 0.1) is 0 Å². The first-order chi connectivity index (χ1) is 6.68. The van der Waals surface area contributed by atoms with Crippen LogP contribution in [0.3, 0.4) is 0 Å². The van der Waals surface area contributed by atoms with Crippen LogP contribution in [-0.4, -0.2) is 31.6 Å². The number of hydrogen-bond donors (Lipinski definition) is 1. The Morgan fingerprint density at radius 2 is 1.86 bits per heavy atom. The van der Waals surface area contributed by atoms with Crippen molar-refractivity contribution in [2.24, 2.45) is 5.73 Å². The second-order valence-electron chi connectivity index (χ2n) is 4.05. The van der Waals surface area contributed by atoms with Gasteiger partial charge in [0.1, 0.15) is 0 Å². The highest BCUT2D eigenvalue weighted by Gasteiger charge is 2.03. The van der Waals surface area contributed by atoms with Gasteiger partial charge in [-0.1, -0.05) is 30.3 Å². The average molecular weight is 192 g/mol. The summed E-state index contributed by atoms with van der Waals surface area (Å²) in [5, 5.41) is 0. The molecular formula is C12H20N2. The maximum atomic E-state index is 5.98. The summed E-state index contributed by atoms with van der Waals surface area (Å²) in [6, 6.07) is 10.8. The summed E-state index contributed by atoms with van der Waals surface area (Å²) in [4.78, 5) is 2.13. The summed E-state index contributed by atoms with van der Waals surface area (Å²) >= 11 is 0. The second-order valence-corrected chi connectivity index (χ2v) is 4.05. The lowest BCUT2D eigenvalue weighted by atomic mass is 10.1. The molecule has 1 atom stereocenters. The Labute approximate surface area is 86.7 Å². The molecule has 0 heterocycles. The summed E-state index contributed by atoms with van der Waals surface area (Å²) in [6.07, 6.45) is 2.14. The maximum Gasteiger partial charge on any atom is 0.0170 e. The molecule has 0 fully saturated rings. The van der Waals surface area contributed by atoms with Crippen LogP contribution in [0.5, 0.6) is 0 Å². The first-order valence-corrected chi connectivity index (χ1v) is 5.12. The molecule has 0 aromatic heterocycles. The lowest BCUT2D eigenvalue weighted by Gasteiger charge is -2.16. The molecule has 14 heavy (non-hydrogen) atoms. The van der Waals surface area contributed by atoms with Crippen molar-refractivity contribution in [2.75, 3.05) is 20.6 Å². The van der Waals surface area contributed by atoms with Crippen molar-refractivity contribution in [2.45, 2.75) is 18.9 Å². The Morgan fingerprint density at radius 1 is 1.21 bits per heavy atom. The van der Waals surface area contributed by atoms with Gasteiger partial charge in [0.2, 0.25) is 0 Å². The zero-order chi connectivity index (χ0) is 10.4. The smallest absolute Gasteiger partial charge is 0.0170 e. The number of nitrogens with zero attached hydrogens (tertiary/aromatic N) is 1. The van der Waals surface area contributed by atoms with Gasteiger partial charge in [-0.2, -0.15) is 0 Å². The molecule has 0 spiro atoms. The Morgan fingerprint density at radius 3 is 2.43 bits per heavy atom. The van der Waals surface area contributed by atoms with Crippen molar-refractivity contribution >= 4 is 0 Å². The predicted molar refractivity (Wildman–Crippen MR) is 61.3 cm³/mol. The normalized spacial score (nSPS) is 13.1. The van der Waals surface area contributed by atoms with E-state index in [0.29, 0.717) is 0 Å². The van der Waals surface area contributed by atoms with Crippen LogP contribution in [0.25, 0.3) is 0 Å². The number of likely N-dealkylation sites (N-methyl/N-ethyl adjacent to an activating group) is 1. The Balaban J connectivity index is 2.27. The van der Waals surface area contributed by atoms with E-state index in [9.17, 15) is 0 Å². The van der Waals surface area contributed by atoms with E-state index in [2.05, 4.69) is 43.3 Å². The van der Waals surface area contributed by atoms with Gasteiger partial charge < -0.3 is 10.6 Å². The van der Waals surface area contributed by atoms with Gasteiger partial charge in [0.25, 0.3) is 0 Å². The molecule has 0 bridgehead atoms. The molecule has 78 valence electrons. The van der Waals surface area contributed by atoms with E-state index in [0.717, 1.165) is 19.4 Å². The molecule has 1 rings (SSSR count). The van der Waals surface area contributed by atoms with Crippen LogP contribution >= 0.6 is 0 Å². The van der Waals surface area contributed by atoms with E-state index in [4.69, 9.17) is 5.73 Å². The highest BCUT2D eigenvalue weighted by atomic mass is 15.1. The molecule has 0 aliphatic rings. The third-order valence-electron chi connectivity index (χ3n) is 2.25. The van der Waals surface area contributed by atoms with Crippen LogP contribution in [-0.2, 0) is 6.42 Å². The van der Waals surface area contributed by atoms with Crippen molar-refractivity contribution in [1.82, 2.24) is 4.90 Å². The Bertz CT molecular complexity index is 244. The van der Waals surface area contributed by atoms with Gasteiger partial charge in [-0.3, -0.25) is 0 Å². The van der Waals surface area contributed by atoms with E-state index >= 15 is 0 Å². The van der Waals surface area contributed by atoms with Gasteiger partial charge in [0.05, 0.1) is 0 Å². The summed E-state index contributed by atoms with van der Waals surface area (Å²) in [5.41, 5.74) is 7.36. The van der Waals surface area contributed by atoms with Gasteiger partial charge in [-0.25, -0.2) is 0 Å². The summed E-state index contributed by atoms with van der Waals surface area (Å²) in [7, 11) is 4.12. The molecule has 0 saturated heterocycles. The van der Waals surface area contributed by atoms with Crippen molar-refractivity contribution < 1.29 is 0 Å². The van der Waals surface area contributed by atoms with Crippen LogP contribution in [0.4, 0.5) is 0 Å². The van der Waals surface area contributed by atoms with E-state index in [-0.39, 0.29) is 6.04 Å². The van der Waals surface area contributed by atoms with Crippen LogP contribution in [0.1, 0.15) is 12.0 Å². The Kier molecular flexibility index (Phi) is 4.63. The molecule has 1 aromatic carbocycles. The highest BCUT2D eigenvalue weighted by molar-refractivity contribution is 5.14. The average Bonchev–Trinajstić information content (AvgIpc) is 2.15. The standard InChI is InChI=1S/C12H20N2/c1-14(2)10-12(13)9-8-11-6-4-3-5-7-11/h3-7,12H,8-10,13H2,1-2H3/t12-/m1/s1. The number of hydrogen-bond acceptors (Lipinski definition) is 2. The SMILES string of the molecule is CN(C)C[C@H](N)CCc1ccccc1. The lowest BCUT2D eigenvalue weighted by molar-refractivity contribution is 0.363. The first kappa shape index (κ1) is 11.2. The van der Waals surface area contributed by atoms with E-state index in [1.807, 2.05) is 6.07 Å². The molecule has 2 N–H and O–H groups in total. The zero-order valence-electron chi connectivity index (χ0n) is 9.11. The molecular weight excluding hydrogens is 172 g/mol. The summed E-state index contributed by atoms with van der Waals surface area (Å²) < 4.78 is 0. The van der Waals surface area contributed by atoms with Gasteiger partial charge in [0, 0.05) is 12.6 Å². The summed E-state index contributed by atoms with van der Waals surface area (Å²) in [6.45, 7) is 0.965. The third kappa shape index (κ3) is 4.40. The first-order valence-electron chi connectivity index (χ1n) is 5.12. The van der Waals surface area contributed by atoms with Crippen LogP contribution in [0.15, 0.2) is 30.3 Å². The number of nitrogens with two attached hydrogens (primary N) is 1. The molecule has 0 saturated carbocycles. The number of benzene rings is 1. The molecule has 0 radical (unpaired) electrons. The molecule has 0 amide bonds. The van der Waals surface area contributed by atoms with E-state index in [1.54, 1.807) is 0 Å². The van der Waals surface area contributed by atoms with Crippen molar-refractivity contribution in [3.8, 4) is 0 Å². The topological polar surface area (TPSA) is 29.3 Å². The minimum Gasteiger partial charge on any atom is -0.327 e. The van der Waals surface area contributed by atoms with Gasteiger partial charge in [-0.05, 0) is 32.5 Å². The maximum absolute atomic E-state index is 5.98. The van der Waals surface area contributed by atoms with Gasteiger partial charge in [-0.15, -0.1) is 0 Å². The van der Waals surface area contributed by atoms with Crippen molar-refractivity contribution in [3.05, 3.63) is 35.9 Å². The number of aryl methyl sites for hydroxylation is 1. The zero-order valence-corrected chi connectivity index (χ0v) is 9.11. The predicted octanol–water partition coefficient (Wildman–Crippen LogP) is 1.51. The molecule has 0 aliphatic heterocycles. The minimum atomic E-state index is 0.283. The summed E-state index contributed by atoms with van der Waals surface area (Å²) in [5.74, 6) is 0. The van der Waals surface area contributed by atoms with E-state index in [1.165, 1.54) is 5.56 Å². The monoisotopic (exact) mass is 192 g/mol. The molecule has 2 heteroatoms. The largest absolute Gasteiger partial charge is 0.327 e. The second kappa shape index (κ2) is 5.78. The fourth-order valence-electron chi connectivity index (χ4n) is 1.56. The fraction of sp³-hybridized carbons (Fsp3) is 0.500. The molecule has 0 unspecified atom stereocenters. The van der Waals surface area contributed by atoms with Gasteiger partial charge >= 0.3 is 0 Å². The van der Waals surface area contributed by atoms with Crippen molar-refractivity contribution in [3.63, 3.8) is 0 Å². The van der Waals surface area contributed by atoms with Crippen molar-refractivity contribution in [1.29, 1.82) is 0 Å². The number of rotatable bonds is 5. The molecule has 2 nitrogen and oxygen atoms in total. The third-order valence-corrected chi connectivity index (χ3v) is 2.25. The van der Waals surface area contributed by atoms with Crippen LogP contribution < -0.4 is 5.73 Å².